The first-order chi connectivity index (χ1) is 7.56. The molecule has 1 unspecified atom stereocenters. The highest BCUT2D eigenvalue weighted by atomic mass is 35.5. The van der Waals surface area contributed by atoms with Gasteiger partial charge in [-0.05, 0) is 20.3 Å². The summed E-state index contributed by atoms with van der Waals surface area (Å²) in [5, 5.41) is 8.39. The lowest BCUT2D eigenvalue weighted by Crippen LogP contribution is -2.26. The van der Waals surface area contributed by atoms with Crippen LogP contribution in [0.15, 0.2) is 0 Å². The van der Waals surface area contributed by atoms with Gasteiger partial charge in [0.2, 0.25) is 0 Å². The number of nitrogens with one attached hydrogen (secondary N) is 1. The zero-order valence-corrected chi connectivity index (χ0v) is 11.1. The molecule has 0 bridgehead atoms. The molecule has 1 aromatic heterocycles. The first-order valence-corrected chi connectivity index (χ1v) is 5.84. The smallest absolute Gasteiger partial charge is 0.131 e. The molecular weight excluding hydrogens is 226 g/mol. The van der Waals surface area contributed by atoms with Crippen molar-refractivity contribution in [2.24, 2.45) is 7.05 Å². The van der Waals surface area contributed by atoms with Crippen molar-refractivity contribution < 1.29 is 4.74 Å². The van der Waals surface area contributed by atoms with E-state index in [1.807, 2.05) is 14.0 Å². The minimum absolute atomic E-state index is 0.413. The summed E-state index contributed by atoms with van der Waals surface area (Å²) in [5.41, 5.74) is 2.06. The number of nitrogens with zero attached hydrogens (tertiary/aromatic N) is 2. The second-order valence-corrected chi connectivity index (χ2v) is 4.40. The highest BCUT2D eigenvalue weighted by Crippen LogP contribution is 2.18. The summed E-state index contributed by atoms with van der Waals surface area (Å²) in [6.07, 6.45) is 0.993. The molecule has 4 nitrogen and oxygen atoms in total. The number of aromatic nitrogens is 2. The van der Waals surface area contributed by atoms with Crippen molar-refractivity contribution >= 4 is 11.6 Å². The van der Waals surface area contributed by atoms with Crippen LogP contribution in [-0.2, 0) is 18.3 Å². The fourth-order valence-electron chi connectivity index (χ4n) is 1.55. The Labute approximate surface area is 102 Å². The Balaban J connectivity index is 2.48. The zero-order valence-electron chi connectivity index (χ0n) is 10.4. The monoisotopic (exact) mass is 245 g/mol. The van der Waals surface area contributed by atoms with E-state index in [1.54, 1.807) is 11.8 Å². The van der Waals surface area contributed by atoms with Gasteiger partial charge in [0, 0.05) is 38.9 Å². The third-order valence-electron chi connectivity index (χ3n) is 2.65. The standard InChI is InChI=1S/C11H20ClN3O/c1-8(5-6-16-4)13-7-10-9(2)14-15(3)11(10)12/h8,13H,5-7H2,1-4H3. The molecule has 1 heterocycles. The van der Waals surface area contributed by atoms with Gasteiger partial charge in [-0.15, -0.1) is 0 Å². The Morgan fingerprint density at radius 3 is 2.75 bits per heavy atom. The van der Waals surface area contributed by atoms with Crippen LogP contribution in [0.5, 0.6) is 0 Å². The number of halogens is 1. The number of rotatable bonds is 6. The van der Waals surface area contributed by atoms with Gasteiger partial charge in [-0.1, -0.05) is 11.6 Å². The van der Waals surface area contributed by atoms with Crippen molar-refractivity contribution in [1.82, 2.24) is 15.1 Å². The predicted octanol–water partition coefficient (Wildman–Crippen LogP) is 1.90. The molecule has 0 aliphatic heterocycles. The fourth-order valence-corrected chi connectivity index (χ4v) is 1.79. The molecule has 5 heteroatoms. The first kappa shape index (κ1) is 13.5. The summed E-state index contributed by atoms with van der Waals surface area (Å²) < 4.78 is 6.74. The van der Waals surface area contributed by atoms with E-state index in [-0.39, 0.29) is 0 Å². The summed E-state index contributed by atoms with van der Waals surface area (Å²) in [6, 6.07) is 0.413. The molecule has 1 aromatic rings. The van der Waals surface area contributed by atoms with Crippen LogP contribution >= 0.6 is 11.6 Å². The van der Waals surface area contributed by atoms with E-state index in [0.717, 1.165) is 30.8 Å². The Bertz CT molecular complexity index is 338. The van der Waals surface area contributed by atoms with Crippen molar-refractivity contribution in [3.63, 3.8) is 0 Å². The van der Waals surface area contributed by atoms with Gasteiger partial charge in [-0.25, -0.2) is 0 Å². The quantitative estimate of drug-likeness (QED) is 0.832. The molecule has 0 aliphatic carbocycles. The molecule has 0 saturated carbocycles. The van der Waals surface area contributed by atoms with Crippen LogP contribution in [0.4, 0.5) is 0 Å². The Morgan fingerprint density at radius 2 is 2.25 bits per heavy atom. The van der Waals surface area contributed by atoms with Crippen LogP contribution in [0.3, 0.4) is 0 Å². The summed E-state index contributed by atoms with van der Waals surface area (Å²) in [7, 11) is 3.57. The molecule has 0 spiro atoms. The number of methoxy groups -OCH3 is 1. The second kappa shape index (κ2) is 6.23. The van der Waals surface area contributed by atoms with Crippen LogP contribution < -0.4 is 5.32 Å². The van der Waals surface area contributed by atoms with Gasteiger partial charge < -0.3 is 10.1 Å². The molecule has 0 aliphatic rings. The van der Waals surface area contributed by atoms with Crippen LogP contribution in [0.1, 0.15) is 24.6 Å². The minimum atomic E-state index is 0.413. The highest BCUT2D eigenvalue weighted by Gasteiger charge is 2.11. The van der Waals surface area contributed by atoms with Gasteiger partial charge in [0.05, 0.1) is 5.69 Å². The van der Waals surface area contributed by atoms with Gasteiger partial charge in [-0.3, -0.25) is 4.68 Å². The average molecular weight is 246 g/mol. The van der Waals surface area contributed by atoms with E-state index in [9.17, 15) is 0 Å². The van der Waals surface area contributed by atoms with Crippen molar-refractivity contribution in [3.8, 4) is 0 Å². The van der Waals surface area contributed by atoms with Crippen LogP contribution in [-0.4, -0.2) is 29.5 Å². The topological polar surface area (TPSA) is 39.1 Å². The summed E-state index contributed by atoms with van der Waals surface area (Å²) in [4.78, 5) is 0. The van der Waals surface area contributed by atoms with E-state index < -0.39 is 0 Å². The van der Waals surface area contributed by atoms with Gasteiger partial charge >= 0.3 is 0 Å². The normalized spacial score (nSPS) is 13.1. The van der Waals surface area contributed by atoms with E-state index in [0.29, 0.717) is 11.2 Å². The highest BCUT2D eigenvalue weighted by molar-refractivity contribution is 6.30. The Kier molecular flexibility index (Phi) is 5.25. The van der Waals surface area contributed by atoms with Crippen LogP contribution in [0, 0.1) is 6.92 Å². The van der Waals surface area contributed by atoms with Gasteiger partial charge in [0.15, 0.2) is 0 Å². The molecule has 92 valence electrons. The Morgan fingerprint density at radius 1 is 1.56 bits per heavy atom. The maximum Gasteiger partial charge on any atom is 0.131 e. The summed E-state index contributed by atoms with van der Waals surface area (Å²) in [6.45, 7) is 5.64. The molecule has 0 saturated heterocycles. The zero-order chi connectivity index (χ0) is 12.1. The molecule has 1 rings (SSSR count). The van der Waals surface area contributed by atoms with E-state index in [1.165, 1.54) is 0 Å². The lowest BCUT2D eigenvalue weighted by molar-refractivity contribution is 0.184. The minimum Gasteiger partial charge on any atom is -0.385 e. The van der Waals surface area contributed by atoms with Crippen molar-refractivity contribution in [1.29, 1.82) is 0 Å². The van der Waals surface area contributed by atoms with E-state index >= 15 is 0 Å². The number of ether oxygens (including phenoxy) is 1. The summed E-state index contributed by atoms with van der Waals surface area (Å²) in [5.74, 6) is 0. The second-order valence-electron chi connectivity index (χ2n) is 4.04. The maximum atomic E-state index is 6.14. The number of hydrogen-bond donors (Lipinski definition) is 1. The van der Waals surface area contributed by atoms with Gasteiger partial charge in [-0.2, -0.15) is 5.10 Å². The third-order valence-corrected chi connectivity index (χ3v) is 3.12. The molecule has 0 radical (unpaired) electrons. The van der Waals surface area contributed by atoms with E-state index in [4.69, 9.17) is 16.3 Å². The van der Waals surface area contributed by atoms with Crippen molar-refractivity contribution in [3.05, 3.63) is 16.4 Å². The van der Waals surface area contributed by atoms with Crippen LogP contribution in [0.2, 0.25) is 5.15 Å². The molecule has 1 N–H and O–H groups in total. The van der Waals surface area contributed by atoms with Gasteiger partial charge in [0.1, 0.15) is 5.15 Å². The molecule has 1 atom stereocenters. The fraction of sp³-hybridized carbons (Fsp3) is 0.727. The lowest BCUT2D eigenvalue weighted by Gasteiger charge is -2.12. The number of aryl methyl sites for hydroxylation is 2. The SMILES string of the molecule is COCCC(C)NCc1c(C)nn(C)c1Cl. The number of hydrogen-bond acceptors (Lipinski definition) is 3. The molecule has 0 amide bonds. The molecule has 0 aromatic carbocycles. The van der Waals surface area contributed by atoms with Crippen molar-refractivity contribution in [2.75, 3.05) is 13.7 Å². The van der Waals surface area contributed by atoms with Crippen molar-refractivity contribution in [2.45, 2.75) is 32.9 Å². The van der Waals surface area contributed by atoms with Crippen LogP contribution in [0.25, 0.3) is 0 Å². The molecule has 0 fully saturated rings. The average Bonchev–Trinajstić information content (AvgIpc) is 2.48. The first-order valence-electron chi connectivity index (χ1n) is 5.46. The largest absolute Gasteiger partial charge is 0.385 e. The van der Waals surface area contributed by atoms with E-state index in [2.05, 4.69) is 17.3 Å². The predicted molar refractivity (Wildman–Crippen MR) is 65.7 cm³/mol. The van der Waals surface area contributed by atoms with Gasteiger partial charge in [0.25, 0.3) is 0 Å². The summed E-state index contributed by atoms with van der Waals surface area (Å²) >= 11 is 6.14. The lowest BCUT2D eigenvalue weighted by atomic mass is 10.2. The Hall–Kier alpha value is -0.580. The molecular formula is C11H20ClN3O. The maximum absolute atomic E-state index is 6.14. The molecule has 16 heavy (non-hydrogen) atoms. The third kappa shape index (κ3) is 3.47.